The first-order valence-corrected chi connectivity index (χ1v) is 7.58. The molecule has 1 aromatic heterocycles. The largest absolute Gasteiger partial charge is 0.492 e. The van der Waals surface area contributed by atoms with Gasteiger partial charge >= 0.3 is 0 Å². The van der Waals surface area contributed by atoms with E-state index < -0.39 is 17.4 Å². The molecule has 0 bridgehead atoms. The molecule has 7 nitrogen and oxygen atoms in total. The number of benzene rings is 1. The Balaban J connectivity index is 2.69. The number of halogens is 2. The molecule has 0 aliphatic heterocycles. The number of carbonyl (C=O) groups excluding carboxylic acids is 1. The van der Waals surface area contributed by atoms with Crippen molar-refractivity contribution in [2.24, 2.45) is 0 Å². The van der Waals surface area contributed by atoms with E-state index in [1.165, 1.54) is 39.0 Å². The molecule has 25 heavy (non-hydrogen) atoms. The van der Waals surface area contributed by atoms with E-state index in [-0.39, 0.29) is 35.8 Å². The van der Waals surface area contributed by atoms with Crippen molar-refractivity contribution in [3.05, 3.63) is 29.8 Å². The maximum Gasteiger partial charge on any atom is 0.242 e. The van der Waals surface area contributed by atoms with Gasteiger partial charge in [-0.3, -0.25) is 4.79 Å². The number of hydrogen-bond donors (Lipinski definition) is 1. The van der Waals surface area contributed by atoms with Gasteiger partial charge in [-0.1, -0.05) is 6.07 Å². The lowest BCUT2D eigenvalue weighted by molar-refractivity contribution is -0.116. The van der Waals surface area contributed by atoms with Crippen molar-refractivity contribution in [3.63, 3.8) is 0 Å². The van der Waals surface area contributed by atoms with Crippen LogP contribution in [0.25, 0.3) is 0 Å². The molecular formula is C16H19F2N5O2. The highest BCUT2D eigenvalue weighted by Gasteiger charge is 2.29. The molecular weight excluding hydrogens is 332 g/mol. The number of nitrogens with two attached hydrogens (primary N) is 1. The van der Waals surface area contributed by atoms with Crippen LogP contribution in [-0.4, -0.2) is 27.5 Å². The minimum atomic E-state index is -1.92. The van der Waals surface area contributed by atoms with Crippen LogP contribution >= 0.6 is 0 Å². The van der Waals surface area contributed by atoms with E-state index in [1.807, 2.05) is 0 Å². The summed E-state index contributed by atoms with van der Waals surface area (Å²) in [5.41, 5.74) is 3.51. The Morgan fingerprint density at radius 1 is 1.32 bits per heavy atom. The molecule has 9 heteroatoms. The van der Waals surface area contributed by atoms with Crippen molar-refractivity contribution in [2.75, 3.05) is 17.2 Å². The Morgan fingerprint density at radius 2 is 2.00 bits per heavy atom. The van der Waals surface area contributed by atoms with Crippen molar-refractivity contribution < 1.29 is 18.3 Å². The van der Waals surface area contributed by atoms with Gasteiger partial charge in [0.2, 0.25) is 17.8 Å². The number of para-hydroxylation sites is 1. The molecule has 2 aromatic rings. The van der Waals surface area contributed by atoms with Crippen LogP contribution in [0.15, 0.2) is 18.2 Å². The first kappa shape index (κ1) is 18.5. The standard InChI is InChI=1S/C16H19F2N5O2/c1-5-25-11-8-6-7-10(17)12(11)23(9(2)24)15-21-13(16(3,4)18)20-14(19)22-15/h6-8H,5H2,1-4H3,(H2,19,20,21,22). The van der Waals surface area contributed by atoms with Gasteiger partial charge in [0.1, 0.15) is 11.4 Å². The third-order valence-corrected chi connectivity index (χ3v) is 3.16. The van der Waals surface area contributed by atoms with Gasteiger partial charge in [-0.05, 0) is 32.9 Å². The Morgan fingerprint density at radius 3 is 2.56 bits per heavy atom. The summed E-state index contributed by atoms with van der Waals surface area (Å²) in [6, 6.07) is 4.11. The zero-order valence-corrected chi connectivity index (χ0v) is 14.4. The first-order valence-electron chi connectivity index (χ1n) is 7.58. The predicted molar refractivity (Wildman–Crippen MR) is 88.8 cm³/mol. The van der Waals surface area contributed by atoms with Gasteiger partial charge in [0.15, 0.2) is 17.3 Å². The van der Waals surface area contributed by atoms with Gasteiger partial charge in [0.25, 0.3) is 0 Å². The van der Waals surface area contributed by atoms with Crippen molar-refractivity contribution in [1.29, 1.82) is 0 Å². The molecule has 134 valence electrons. The van der Waals surface area contributed by atoms with E-state index >= 15 is 0 Å². The Kier molecular flexibility index (Phi) is 5.15. The van der Waals surface area contributed by atoms with Crippen LogP contribution in [0.4, 0.5) is 26.4 Å². The number of anilines is 3. The molecule has 0 spiro atoms. The van der Waals surface area contributed by atoms with Gasteiger partial charge in [-0.25, -0.2) is 13.7 Å². The molecule has 0 aliphatic carbocycles. The second-order valence-corrected chi connectivity index (χ2v) is 5.66. The van der Waals surface area contributed by atoms with Gasteiger partial charge in [-0.2, -0.15) is 15.0 Å². The van der Waals surface area contributed by atoms with E-state index in [2.05, 4.69) is 15.0 Å². The molecule has 1 heterocycles. The Bertz CT molecular complexity index is 793. The third kappa shape index (κ3) is 3.98. The van der Waals surface area contributed by atoms with E-state index in [0.717, 1.165) is 4.90 Å². The highest BCUT2D eigenvalue weighted by molar-refractivity contribution is 5.99. The highest BCUT2D eigenvalue weighted by atomic mass is 19.1. The van der Waals surface area contributed by atoms with Crippen LogP contribution in [-0.2, 0) is 10.5 Å². The number of aromatic nitrogens is 3. The lowest BCUT2D eigenvalue weighted by Crippen LogP contribution is -2.29. The van der Waals surface area contributed by atoms with Gasteiger partial charge in [0.05, 0.1) is 6.61 Å². The number of rotatable bonds is 5. The molecule has 0 radical (unpaired) electrons. The Hall–Kier alpha value is -2.84. The minimum Gasteiger partial charge on any atom is -0.492 e. The van der Waals surface area contributed by atoms with Crippen molar-refractivity contribution in [1.82, 2.24) is 15.0 Å². The minimum absolute atomic E-state index is 0.123. The van der Waals surface area contributed by atoms with Crippen molar-refractivity contribution in [3.8, 4) is 5.75 Å². The molecule has 0 atom stereocenters. The van der Waals surface area contributed by atoms with Crippen molar-refractivity contribution >= 4 is 23.5 Å². The molecule has 2 rings (SSSR count). The molecule has 0 aliphatic rings. The summed E-state index contributed by atoms with van der Waals surface area (Å²) in [5, 5.41) is 0. The van der Waals surface area contributed by atoms with Gasteiger partial charge in [-0.15, -0.1) is 0 Å². The topological polar surface area (TPSA) is 94.2 Å². The van der Waals surface area contributed by atoms with Crippen LogP contribution in [0.3, 0.4) is 0 Å². The second-order valence-electron chi connectivity index (χ2n) is 5.66. The zero-order valence-electron chi connectivity index (χ0n) is 14.4. The first-order chi connectivity index (χ1) is 11.6. The maximum atomic E-state index is 14.5. The van der Waals surface area contributed by atoms with E-state index in [9.17, 15) is 13.6 Å². The summed E-state index contributed by atoms with van der Waals surface area (Å²) >= 11 is 0. The van der Waals surface area contributed by atoms with E-state index in [0.29, 0.717) is 0 Å². The van der Waals surface area contributed by atoms with E-state index in [1.54, 1.807) is 6.92 Å². The molecule has 1 amide bonds. The second kappa shape index (κ2) is 6.96. The summed E-state index contributed by atoms with van der Waals surface area (Å²) in [7, 11) is 0. The normalized spacial score (nSPS) is 11.3. The van der Waals surface area contributed by atoms with Crippen LogP contribution in [0.5, 0.6) is 5.75 Å². The summed E-state index contributed by atoms with van der Waals surface area (Å²) < 4.78 is 34.1. The fraction of sp³-hybridized carbons (Fsp3) is 0.375. The molecule has 0 saturated carbocycles. The lowest BCUT2D eigenvalue weighted by Gasteiger charge is -2.23. The Labute approximate surface area is 143 Å². The smallest absolute Gasteiger partial charge is 0.242 e. The molecule has 0 unspecified atom stereocenters. The zero-order chi connectivity index (χ0) is 18.8. The van der Waals surface area contributed by atoms with Crippen LogP contribution < -0.4 is 15.4 Å². The SMILES string of the molecule is CCOc1cccc(F)c1N(C(C)=O)c1nc(N)nc(C(C)(C)F)n1. The number of ether oxygens (including phenoxy) is 1. The number of carbonyl (C=O) groups is 1. The molecule has 1 aromatic carbocycles. The number of nitrogens with zero attached hydrogens (tertiary/aromatic N) is 4. The number of nitrogen functional groups attached to an aromatic ring is 1. The van der Waals surface area contributed by atoms with Gasteiger partial charge in [0, 0.05) is 6.92 Å². The maximum absolute atomic E-state index is 14.5. The summed E-state index contributed by atoms with van der Waals surface area (Å²) in [4.78, 5) is 24.6. The summed E-state index contributed by atoms with van der Waals surface area (Å²) in [5.74, 6) is -2.04. The number of alkyl halides is 1. The quantitative estimate of drug-likeness (QED) is 0.890. The highest BCUT2D eigenvalue weighted by Crippen LogP contribution is 2.36. The van der Waals surface area contributed by atoms with Crippen LogP contribution in [0, 0.1) is 5.82 Å². The molecule has 2 N–H and O–H groups in total. The predicted octanol–water partition coefficient (Wildman–Crippen LogP) is 2.88. The lowest BCUT2D eigenvalue weighted by atomic mass is 10.1. The fourth-order valence-electron chi connectivity index (χ4n) is 2.13. The van der Waals surface area contributed by atoms with Crippen LogP contribution in [0.1, 0.15) is 33.5 Å². The summed E-state index contributed by atoms with van der Waals surface area (Å²) in [6.45, 7) is 5.64. The number of amides is 1. The fourth-order valence-corrected chi connectivity index (χ4v) is 2.13. The van der Waals surface area contributed by atoms with Crippen LogP contribution in [0.2, 0.25) is 0 Å². The van der Waals surface area contributed by atoms with Crippen molar-refractivity contribution in [2.45, 2.75) is 33.4 Å². The number of hydrogen-bond acceptors (Lipinski definition) is 6. The summed E-state index contributed by atoms with van der Waals surface area (Å²) in [6.07, 6.45) is 0. The molecule has 0 fully saturated rings. The average Bonchev–Trinajstić information content (AvgIpc) is 2.49. The average molecular weight is 351 g/mol. The monoisotopic (exact) mass is 351 g/mol. The third-order valence-electron chi connectivity index (χ3n) is 3.16. The van der Waals surface area contributed by atoms with Gasteiger partial charge < -0.3 is 10.5 Å². The molecule has 0 saturated heterocycles. The van der Waals surface area contributed by atoms with E-state index in [4.69, 9.17) is 10.5 Å².